The number of nitrogens with zero attached hydrogens (tertiary/aromatic N) is 1. The molecule has 0 aromatic heterocycles. The first-order valence-corrected chi connectivity index (χ1v) is 11.9. The highest BCUT2D eigenvalue weighted by atomic mass is 32.3. The minimum Gasteiger partial charge on any atom is -0.445 e. The summed E-state index contributed by atoms with van der Waals surface area (Å²) in [5.41, 5.74) is 0. The van der Waals surface area contributed by atoms with Gasteiger partial charge in [0, 0.05) is 6.92 Å². The number of alkyl halides is 5. The Kier molecular flexibility index (Phi) is 5.91. The summed E-state index contributed by atoms with van der Waals surface area (Å²) in [6.45, 7) is 0.352. The average molecular weight is 484 g/mol. The highest BCUT2D eigenvalue weighted by Gasteiger charge is 2.63. The summed E-state index contributed by atoms with van der Waals surface area (Å²) in [6.07, 6.45) is -7.86. The number of hydrogen-bond acceptors (Lipinski definition) is 7. The molecule has 1 atom stereocenters. The van der Waals surface area contributed by atoms with Gasteiger partial charge < -0.3 is 8.86 Å². The Morgan fingerprint density at radius 2 is 1.40 bits per heavy atom. The molecule has 15 heteroatoms. The molecule has 4 rings (SSSR count). The maximum atomic E-state index is 14.1. The van der Waals surface area contributed by atoms with E-state index in [4.69, 9.17) is 4.18 Å². The number of sulfonamides is 1. The van der Waals surface area contributed by atoms with Crippen LogP contribution in [0.3, 0.4) is 0 Å². The Morgan fingerprint density at radius 3 is 1.80 bits per heavy atom. The van der Waals surface area contributed by atoms with Gasteiger partial charge in [0.05, 0.1) is 6.10 Å². The van der Waals surface area contributed by atoms with Crippen molar-refractivity contribution in [2.24, 2.45) is 23.7 Å². The minimum absolute atomic E-state index is 0.224. The smallest absolute Gasteiger partial charge is 0.432 e. The number of carbonyl (C=O) groups is 1. The number of halogens is 5. The highest BCUT2D eigenvalue weighted by molar-refractivity contribution is 8.10. The van der Waals surface area contributed by atoms with Gasteiger partial charge >= 0.3 is 17.4 Å². The normalized spacial score (nSPS) is 32.8. The topological polar surface area (TPSA) is 118 Å². The Labute approximate surface area is 169 Å². The monoisotopic (exact) mass is 484 g/mol. The van der Waals surface area contributed by atoms with Crippen molar-refractivity contribution in [2.45, 2.75) is 62.7 Å². The number of rotatable bonds is 7. The molecule has 4 aliphatic carbocycles. The summed E-state index contributed by atoms with van der Waals surface area (Å²) < 4.78 is 125. The quantitative estimate of drug-likeness (QED) is 0.403. The van der Waals surface area contributed by atoms with Crippen molar-refractivity contribution in [1.29, 1.82) is 0 Å². The van der Waals surface area contributed by atoms with Crippen molar-refractivity contribution in [3.8, 4) is 0 Å². The predicted octanol–water partition coefficient (Wildman–Crippen LogP) is 2.86. The van der Waals surface area contributed by atoms with Crippen LogP contribution in [0.25, 0.3) is 4.13 Å². The van der Waals surface area contributed by atoms with E-state index in [1.54, 1.807) is 0 Å². The molecule has 0 spiro atoms. The molecular formula is C15H19F5NO7S2-. The van der Waals surface area contributed by atoms with Gasteiger partial charge in [-0.3, -0.25) is 8.98 Å². The molecule has 1 unspecified atom stereocenters. The van der Waals surface area contributed by atoms with Gasteiger partial charge in [0.1, 0.15) is 0 Å². The van der Waals surface area contributed by atoms with Crippen LogP contribution in [-0.2, 0) is 34.0 Å². The third-order valence-corrected chi connectivity index (χ3v) is 8.68. The minimum atomic E-state index is -6.64. The zero-order valence-corrected chi connectivity index (χ0v) is 17.1. The molecule has 0 N–H and O–H groups in total. The van der Waals surface area contributed by atoms with E-state index in [0.29, 0.717) is 44.4 Å². The molecule has 4 aliphatic rings. The molecule has 174 valence electrons. The van der Waals surface area contributed by atoms with Crippen LogP contribution >= 0.6 is 0 Å². The first-order valence-electron chi connectivity index (χ1n) is 9.05. The van der Waals surface area contributed by atoms with Crippen LogP contribution in [-0.4, -0.2) is 46.4 Å². The fourth-order valence-corrected chi connectivity index (χ4v) is 7.53. The summed E-state index contributed by atoms with van der Waals surface area (Å²) in [6, 6.07) is 0. The van der Waals surface area contributed by atoms with E-state index < -0.39 is 49.9 Å². The second-order valence-corrected chi connectivity index (χ2v) is 11.2. The van der Waals surface area contributed by atoms with Gasteiger partial charge in [0.25, 0.3) is 6.10 Å². The lowest BCUT2D eigenvalue weighted by Crippen LogP contribution is -2.52. The van der Waals surface area contributed by atoms with Gasteiger partial charge in [-0.1, -0.05) is 0 Å². The molecule has 0 aromatic rings. The lowest BCUT2D eigenvalue weighted by atomic mass is 9.55. The molecule has 0 aliphatic heterocycles. The van der Waals surface area contributed by atoms with Crippen molar-refractivity contribution in [2.75, 3.05) is 0 Å². The zero-order chi connectivity index (χ0) is 22.7. The molecule has 0 saturated heterocycles. The third kappa shape index (κ3) is 4.58. The summed E-state index contributed by atoms with van der Waals surface area (Å²) in [4.78, 5) is 10.7. The highest BCUT2D eigenvalue weighted by Crippen LogP contribution is 2.55. The Balaban J connectivity index is 1.78. The van der Waals surface area contributed by atoms with E-state index in [9.17, 15) is 43.6 Å². The summed E-state index contributed by atoms with van der Waals surface area (Å²) in [7, 11) is -12.2. The predicted molar refractivity (Wildman–Crippen MR) is 89.7 cm³/mol. The van der Waals surface area contributed by atoms with E-state index in [1.807, 2.05) is 4.13 Å². The maximum absolute atomic E-state index is 14.1. The molecule has 0 radical (unpaired) electrons. The van der Waals surface area contributed by atoms with Crippen LogP contribution in [0.5, 0.6) is 0 Å². The summed E-state index contributed by atoms with van der Waals surface area (Å²) >= 11 is 0. The molecule has 0 aromatic carbocycles. The molecule has 8 nitrogen and oxygen atoms in total. The van der Waals surface area contributed by atoms with Gasteiger partial charge in [-0.15, -0.1) is 0 Å². The molecule has 0 amide bonds. The molecule has 4 saturated carbocycles. The van der Waals surface area contributed by atoms with Gasteiger partial charge in [-0.05, 0) is 55.8 Å². The van der Waals surface area contributed by atoms with Crippen LogP contribution in [0, 0.1) is 23.7 Å². The fourth-order valence-electron chi connectivity index (χ4n) is 4.99. The lowest BCUT2D eigenvalue weighted by Gasteiger charge is -2.53. The first-order chi connectivity index (χ1) is 13.5. The first kappa shape index (κ1) is 23.6. The zero-order valence-electron chi connectivity index (χ0n) is 15.5. The summed E-state index contributed by atoms with van der Waals surface area (Å²) in [5.74, 6) is -1.52. The van der Waals surface area contributed by atoms with Gasteiger partial charge in [-0.2, -0.15) is 22.0 Å². The molecule has 4 bridgehead atoms. The van der Waals surface area contributed by atoms with Crippen LogP contribution in [0.2, 0.25) is 0 Å². The van der Waals surface area contributed by atoms with E-state index in [0.717, 1.165) is 6.42 Å². The number of ether oxygens (including phenoxy) is 1. The van der Waals surface area contributed by atoms with Crippen LogP contribution in [0.15, 0.2) is 0 Å². The average Bonchev–Trinajstić information content (AvgIpc) is 2.53. The van der Waals surface area contributed by atoms with Crippen LogP contribution < -0.4 is 0 Å². The van der Waals surface area contributed by atoms with Crippen molar-refractivity contribution in [3.63, 3.8) is 0 Å². The number of carbonyl (C=O) groups excluding carboxylic acids is 1. The van der Waals surface area contributed by atoms with E-state index in [1.165, 1.54) is 0 Å². The lowest BCUT2D eigenvalue weighted by molar-refractivity contribution is -0.257. The standard InChI is InChI=1S/C15H19F5NO7S2/c1-7(22)27-13(14(16,17)18)15(19,20)29(23,24)21-30(25,26)28-12-10-3-8-2-9(5-10)6-11(12)4-8/h8-13H,2-6H2,1H3/q-1. The number of esters is 1. The molecular weight excluding hydrogens is 465 g/mol. The van der Waals surface area contributed by atoms with E-state index >= 15 is 0 Å². The fraction of sp³-hybridized carbons (Fsp3) is 0.933. The second kappa shape index (κ2) is 7.52. The Morgan fingerprint density at radius 1 is 0.933 bits per heavy atom. The van der Waals surface area contributed by atoms with Crippen molar-refractivity contribution >= 4 is 26.3 Å². The summed E-state index contributed by atoms with van der Waals surface area (Å²) in [5, 5.41) is -5.89. The molecule has 4 fully saturated rings. The van der Waals surface area contributed by atoms with Crippen LogP contribution in [0.1, 0.15) is 39.0 Å². The van der Waals surface area contributed by atoms with Gasteiger partial charge in [0.2, 0.25) is 10.3 Å². The second-order valence-electron chi connectivity index (χ2n) is 8.06. The Hall–Kier alpha value is -1.06. The van der Waals surface area contributed by atoms with Crippen molar-refractivity contribution in [1.82, 2.24) is 0 Å². The van der Waals surface area contributed by atoms with Crippen molar-refractivity contribution < 1.29 is 52.5 Å². The molecule has 0 heterocycles. The SMILES string of the molecule is CC(=O)OC(C(F)(F)F)C(F)(F)S(=O)(=O)[N-]S(=O)(=O)OC1C2CC3CC(C2)CC1C3. The maximum Gasteiger partial charge on any atom is 0.432 e. The number of hydrogen-bond donors (Lipinski definition) is 0. The van der Waals surface area contributed by atoms with Gasteiger partial charge in [-0.25, -0.2) is 16.8 Å². The van der Waals surface area contributed by atoms with E-state index in [-0.39, 0.29) is 11.8 Å². The van der Waals surface area contributed by atoms with Crippen molar-refractivity contribution in [3.05, 3.63) is 4.13 Å². The van der Waals surface area contributed by atoms with Crippen LogP contribution in [0.4, 0.5) is 22.0 Å². The van der Waals surface area contributed by atoms with E-state index in [2.05, 4.69) is 4.74 Å². The third-order valence-electron chi connectivity index (χ3n) is 5.79. The Bertz CT molecular complexity index is 875. The molecule has 30 heavy (non-hydrogen) atoms. The van der Waals surface area contributed by atoms with Gasteiger partial charge in [0.15, 0.2) is 10.0 Å². The largest absolute Gasteiger partial charge is 0.445 e.